The van der Waals surface area contributed by atoms with Crippen molar-refractivity contribution in [1.82, 2.24) is 20.3 Å². The highest BCUT2D eigenvalue weighted by Crippen LogP contribution is 2.39. The fraction of sp³-hybridized carbons (Fsp3) is 0.593. The van der Waals surface area contributed by atoms with Gasteiger partial charge in [-0.1, -0.05) is 19.1 Å². The Labute approximate surface area is 240 Å². The number of aromatic nitrogens is 1. The SMILES string of the molecule is CCNS(=O)(=O)c1cc(CC(=O)NCC(OC)OC)ccc1-c1cnc(C2CCC(NC(=O)OC(C)C)CC2)s1. The largest absolute Gasteiger partial charge is 0.447 e. The van der Waals surface area contributed by atoms with Crippen molar-refractivity contribution in [2.24, 2.45) is 0 Å². The summed E-state index contributed by atoms with van der Waals surface area (Å²) in [5, 5.41) is 6.61. The Morgan fingerprint density at radius 2 is 1.82 bits per heavy atom. The number of nitrogens with zero attached hydrogens (tertiary/aromatic N) is 1. The van der Waals surface area contributed by atoms with E-state index in [1.165, 1.54) is 25.6 Å². The Morgan fingerprint density at radius 3 is 2.45 bits per heavy atom. The standard InChI is InChI=1S/C27H40N4O7S2/c1-6-30-40(34,35)23-13-18(14-24(32)28-16-25(36-4)37-5)7-12-21(23)22-15-29-26(39-22)19-8-10-20(11-9-19)31-27(33)38-17(2)3/h7,12-13,15,17,19-20,25,30H,6,8-11,14,16H2,1-5H3,(H,28,32)(H,31,33). The number of nitrogens with one attached hydrogen (secondary N) is 3. The minimum atomic E-state index is -3.82. The average molecular weight is 597 g/mol. The topological polar surface area (TPSA) is 145 Å². The van der Waals surface area contributed by atoms with Gasteiger partial charge >= 0.3 is 6.09 Å². The van der Waals surface area contributed by atoms with E-state index in [4.69, 9.17) is 14.2 Å². The molecule has 0 unspecified atom stereocenters. The summed E-state index contributed by atoms with van der Waals surface area (Å²) >= 11 is 1.48. The summed E-state index contributed by atoms with van der Waals surface area (Å²) in [4.78, 5) is 29.9. The van der Waals surface area contributed by atoms with E-state index in [-0.39, 0.29) is 54.5 Å². The first-order valence-electron chi connectivity index (χ1n) is 13.4. The van der Waals surface area contributed by atoms with Crippen LogP contribution in [0.15, 0.2) is 29.3 Å². The lowest BCUT2D eigenvalue weighted by atomic mass is 9.86. The Morgan fingerprint density at radius 1 is 1.12 bits per heavy atom. The van der Waals surface area contributed by atoms with Gasteiger partial charge in [-0.15, -0.1) is 11.3 Å². The maximum absolute atomic E-state index is 13.2. The number of alkyl carbamates (subject to hydrolysis) is 1. The number of ether oxygens (including phenoxy) is 3. The number of sulfonamides is 1. The van der Waals surface area contributed by atoms with E-state index in [0.717, 1.165) is 35.6 Å². The number of carbonyl (C=O) groups is 2. The molecule has 0 bridgehead atoms. The van der Waals surface area contributed by atoms with Gasteiger partial charge in [0.15, 0.2) is 6.29 Å². The van der Waals surface area contributed by atoms with Crippen molar-refractivity contribution in [3.63, 3.8) is 0 Å². The van der Waals surface area contributed by atoms with Gasteiger partial charge in [-0.05, 0) is 51.2 Å². The van der Waals surface area contributed by atoms with Gasteiger partial charge in [0.25, 0.3) is 0 Å². The molecule has 2 aromatic rings. The normalized spacial score (nSPS) is 17.7. The second-order valence-electron chi connectivity index (χ2n) is 9.92. The van der Waals surface area contributed by atoms with Crippen molar-refractivity contribution in [1.29, 1.82) is 0 Å². The molecule has 3 N–H and O–H groups in total. The maximum Gasteiger partial charge on any atom is 0.407 e. The zero-order valence-electron chi connectivity index (χ0n) is 23.7. The molecule has 13 heteroatoms. The Hall–Kier alpha value is -2.58. The first-order chi connectivity index (χ1) is 19.1. The third kappa shape index (κ3) is 8.96. The van der Waals surface area contributed by atoms with Gasteiger partial charge in [0.05, 0.1) is 33.8 Å². The highest BCUT2D eigenvalue weighted by atomic mass is 32.2. The molecule has 0 radical (unpaired) electrons. The minimum Gasteiger partial charge on any atom is -0.447 e. The molecule has 1 aromatic heterocycles. The van der Waals surface area contributed by atoms with Crippen LogP contribution in [0.4, 0.5) is 4.79 Å². The van der Waals surface area contributed by atoms with Crippen molar-refractivity contribution in [2.45, 2.75) is 82.1 Å². The molecular formula is C27H40N4O7S2. The van der Waals surface area contributed by atoms with Gasteiger partial charge in [-0.25, -0.2) is 22.9 Å². The first-order valence-corrected chi connectivity index (χ1v) is 15.7. The van der Waals surface area contributed by atoms with Crippen LogP contribution >= 0.6 is 11.3 Å². The lowest BCUT2D eigenvalue weighted by molar-refractivity contribution is -0.126. The average Bonchev–Trinajstić information content (AvgIpc) is 3.39. The van der Waals surface area contributed by atoms with Crippen LogP contribution in [0.5, 0.6) is 0 Å². The van der Waals surface area contributed by atoms with E-state index in [0.29, 0.717) is 11.1 Å². The fourth-order valence-electron chi connectivity index (χ4n) is 4.58. The van der Waals surface area contributed by atoms with Crippen LogP contribution in [0.25, 0.3) is 10.4 Å². The summed E-state index contributed by atoms with van der Waals surface area (Å²) < 4.78 is 44.2. The van der Waals surface area contributed by atoms with Crippen LogP contribution in [0.3, 0.4) is 0 Å². The molecule has 0 atom stereocenters. The summed E-state index contributed by atoms with van der Waals surface area (Å²) in [6, 6.07) is 5.11. The van der Waals surface area contributed by atoms with Gasteiger partial charge in [-0.2, -0.15) is 0 Å². The number of hydrogen-bond donors (Lipinski definition) is 3. The molecule has 1 aromatic carbocycles. The molecule has 40 heavy (non-hydrogen) atoms. The predicted octanol–water partition coefficient (Wildman–Crippen LogP) is 3.55. The summed E-state index contributed by atoms with van der Waals surface area (Å²) in [5.41, 5.74) is 1.11. The van der Waals surface area contributed by atoms with E-state index in [2.05, 4.69) is 20.3 Å². The molecule has 1 fully saturated rings. The number of methoxy groups -OCH3 is 2. The van der Waals surface area contributed by atoms with Crippen molar-refractivity contribution in [2.75, 3.05) is 27.3 Å². The van der Waals surface area contributed by atoms with Crippen LogP contribution in [-0.4, -0.2) is 71.1 Å². The quantitative estimate of drug-likeness (QED) is 0.298. The van der Waals surface area contributed by atoms with Crippen LogP contribution in [-0.2, 0) is 35.4 Å². The van der Waals surface area contributed by atoms with E-state index in [9.17, 15) is 18.0 Å². The molecule has 2 amide bonds. The molecule has 0 aliphatic heterocycles. The van der Waals surface area contributed by atoms with Gasteiger partial charge in [0.2, 0.25) is 15.9 Å². The number of amides is 2. The van der Waals surface area contributed by atoms with Gasteiger partial charge in [-0.3, -0.25) is 4.79 Å². The fourth-order valence-corrected chi connectivity index (χ4v) is 7.08. The van der Waals surface area contributed by atoms with Crippen LogP contribution in [0.2, 0.25) is 0 Å². The smallest absolute Gasteiger partial charge is 0.407 e. The van der Waals surface area contributed by atoms with Crippen LogP contribution in [0, 0.1) is 0 Å². The van der Waals surface area contributed by atoms with Crippen molar-refractivity contribution in [3.05, 3.63) is 35.0 Å². The molecule has 1 aliphatic rings. The Balaban J connectivity index is 1.74. The number of hydrogen-bond acceptors (Lipinski definition) is 9. The second kappa shape index (κ2) is 14.9. The molecule has 11 nitrogen and oxygen atoms in total. The predicted molar refractivity (Wildman–Crippen MR) is 153 cm³/mol. The van der Waals surface area contributed by atoms with Crippen LogP contribution < -0.4 is 15.4 Å². The molecule has 3 rings (SSSR count). The molecule has 0 spiro atoms. The number of thiazole rings is 1. The maximum atomic E-state index is 13.2. The number of benzene rings is 1. The third-order valence-electron chi connectivity index (χ3n) is 6.56. The zero-order chi connectivity index (χ0) is 29.3. The van der Waals surface area contributed by atoms with Crippen LogP contribution in [0.1, 0.15) is 62.9 Å². The molecule has 1 aliphatic carbocycles. The van der Waals surface area contributed by atoms with Crippen molar-refractivity contribution in [3.8, 4) is 10.4 Å². The molecule has 1 saturated carbocycles. The highest BCUT2D eigenvalue weighted by Gasteiger charge is 2.27. The van der Waals surface area contributed by atoms with E-state index in [1.54, 1.807) is 31.3 Å². The van der Waals surface area contributed by atoms with Gasteiger partial charge < -0.3 is 24.8 Å². The molecule has 0 saturated heterocycles. The summed E-state index contributed by atoms with van der Waals surface area (Å²) in [5.74, 6) is -0.0426. The molecular weight excluding hydrogens is 556 g/mol. The number of rotatable bonds is 13. The second-order valence-corrected chi connectivity index (χ2v) is 12.7. The minimum absolute atomic E-state index is 0.00496. The Kier molecular flexibility index (Phi) is 11.9. The third-order valence-corrected chi connectivity index (χ3v) is 9.34. The van der Waals surface area contributed by atoms with E-state index < -0.39 is 16.3 Å². The van der Waals surface area contributed by atoms with Crippen molar-refractivity contribution >= 4 is 33.4 Å². The van der Waals surface area contributed by atoms with Gasteiger partial charge in [0.1, 0.15) is 0 Å². The molecule has 1 heterocycles. The Bertz CT molecular complexity index is 1240. The summed E-state index contributed by atoms with van der Waals surface area (Å²) in [6.45, 7) is 5.76. The summed E-state index contributed by atoms with van der Waals surface area (Å²) in [6.07, 6.45) is 3.97. The first kappa shape index (κ1) is 31.9. The van der Waals surface area contributed by atoms with Gasteiger partial charge in [0, 0.05) is 44.5 Å². The highest BCUT2D eigenvalue weighted by molar-refractivity contribution is 7.89. The van der Waals surface area contributed by atoms with Crippen molar-refractivity contribution < 1.29 is 32.2 Å². The summed E-state index contributed by atoms with van der Waals surface area (Å²) in [7, 11) is -0.854. The zero-order valence-corrected chi connectivity index (χ0v) is 25.3. The number of carbonyl (C=O) groups excluding carboxylic acids is 2. The molecule has 222 valence electrons. The monoisotopic (exact) mass is 596 g/mol. The lowest BCUT2D eigenvalue weighted by Gasteiger charge is -2.28. The lowest BCUT2D eigenvalue weighted by Crippen LogP contribution is -2.38. The van der Waals surface area contributed by atoms with E-state index >= 15 is 0 Å². The van der Waals surface area contributed by atoms with E-state index in [1.807, 2.05) is 13.8 Å².